The highest BCUT2D eigenvalue weighted by molar-refractivity contribution is 7.89. The van der Waals surface area contributed by atoms with Gasteiger partial charge < -0.3 is 5.11 Å². The molecule has 0 fully saturated rings. The normalized spacial score (nSPS) is 19.8. The van der Waals surface area contributed by atoms with Crippen molar-refractivity contribution in [3.8, 4) is 5.75 Å². The molecule has 2 N–H and O–H groups in total. The van der Waals surface area contributed by atoms with Crippen LogP contribution in [0.25, 0.3) is 0 Å². The van der Waals surface area contributed by atoms with Gasteiger partial charge in [-0.2, -0.15) is 0 Å². The molecule has 24 heavy (non-hydrogen) atoms. The zero-order chi connectivity index (χ0) is 16.7. The summed E-state index contributed by atoms with van der Waals surface area (Å²) in [6.07, 6.45) is 5.67. The number of hydrogen-bond donors (Lipinski definition) is 2. The van der Waals surface area contributed by atoms with Crippen molar-refractivity contribution in [3.63, 3.8) is 0 Å². The van der Waals surface area contributed by atoms with Crippen molar-refractivity contribution >= 4 is 10.0 Å². The van der Waals surface area contributed by atoms with Crippen LogP contribution in [0.2, 0.25) is 0 Å². The van der Waals surface area contributed by atoms with E-state index in [0.717, 1.165) is 36.0 Å². The van der Waals surface area contributed by atoms with Gasteiger partial charge in [-0.25, -0.2) is 13.1 Å². The molecule has 0 bridgehead atoms. The van der Waals surface area contributed by atoms with Crippen LogP contribution in [0.3, 0.4) is 0 Å². The maximum atomic E-state index is 12.8. The highest BCUT2D eigenvalue weighted by atomic mass is 32.2. The Bertz CT molecular complexity index is 889. The van der Waals surface area contributed by atoms with E-state index in [1.807, 2.05) is 18.2 Å². The SMILES string of the molecule is O=S(=O)(NC1CCc2c(O)cccc21)c1ccc2c(c1)CCCC2. The van der Waals surface area contributed by atoms with Gasteiger partial charge in [0, 0.05) is 6.04 Å². The molecule has 0 saturated heterocycles. The highest BCUT2D eigenvalue weighted by Gasteiger charge is 2.29. The van der Waals surface area contributed by atoms with Crippen LogP contribution in [-0.4, -0.2) is 13.5 Å². The molecule has 0 aliphatic heterocycles. The minimum Gasteiger partial charge on any atom is -0.508 e. The number of aryl methyl sites for hydroxylation is 2. The van der Waals surface area contributed by atoms with Crippen molar-refractivity contribution in [1.82, 2.24) is 4.72 Å². The summed E-state index contributed by atoms with van der Waals surface area (Å²) in [6.45, 7) is 0. The Hall–Kier alpha value is -1.85. The predicted molar refractivity (Wildman–Crippen MR) is 92.6 cm³/mol. The fourth-order valence-corrected chi connectivity index (χ4v) is 5.19. The van der Waals surface area contributed by atoms with Crippen LogP contribution in [0.5, 0.6) is 5.75 Å². The highest BCUT2D eigenvalue weighted by Crippen LogP contribution is 2.37. The van der Waals surface area contributed by atoms with E-state index in [1.54, 1.807) is 18.2 Å². The van der Waals surface area contributed by atoms with Gasteiger partial charge in [0.25, 0.3) is 0 Å². The topological polar surface area (TPSA) is 66.4 Å². The lowest BCUT2D eigenvalue weighted by Gasteiger charge is -2.18. The van der Waals surface area contributed by atoms with Gasteiger partial charge in [0.05, 0.1) is 4.90 Å². The van der Waals surface area contributed by atoms with Gasteiger partial charge >= 0.3 is 0 Å². The molecule has 0 spiro atoms. The zero-order valence-electron chi connectivity index (χ0n) is 13.5. The Morgan fingerprint density at radius 2 is 1.79 bits per heavy atom. The number of rotatable bonds is 3. The van der Waals surface area contributed by atoms with E-state index in [4.69, 9.17) is 0 Å². The van der Waals surface area contributed by atoms with Gasteiger partial charge in [-0.15, -0.1) is 0 Å². The van der Waals surface area contributed by atoms with Gasteiger partial charge in [0.1, 0.15) is 5.75 Å². The van der Waals surface area contributed by atoms with Crippen molar-refractivity contribution in [1.29, 1.82) is 0 Å². The summed E-state index contributed by atoms with van der Waals surface area (Å²) in [5.41, 5.74) is 4.18. The Morgan fingerprint density at radius 3 is 2.62 bits per heavy atom. The minimum atomic E-state index is -3.56. The number of nitrogens with one attached hydrogen (secondary N) is 1. The Balaban J connectivity index is 1.62. The first kappa shape index (κ1) is 15.7. The standard InChI is InChI=1S/C19H21NO3S/c21-19-7-3-6-16-17(19)10-11-18(16)20-24(22,23)15-9-8-13-4-1-2-5-14(13)12-15/h3,6-9,12,18,20-21H,1-2,4-5,10-11H2. The van der Waals surface area contributed by atoms with Crippen LogP contribution in [0.1, 0.15) is 47.6 Å². The Labute approximate surface area is 142 Å². The summed E-state index contributed by atoms with van der Waals surface area (Å²) in [5, 5.41) is 9.92. The predicted octanol–water partition coefficient (Wildman–Crippen LogP) is 3.24. The van der Waals surface area contributed by atoms with Gasteiger partial charge in [0.15, 0.2) is 0 Å². The third-order valence-corrected chi connectivity index (χ3v) is 6.64. The second kappa shape index (κ2) is 5.90. The molecule has 4 nitrogen and oxygen atoms in total. The van der Waals surface area contributed by atoms with Crippen molar-refractivity contribution in [3.05, 3.63) is 58.7 Å². The van der Waals surface area contributed by atoms with Crippen LogP contribution < -0.4 is 4.72 Å². The van der Waals surface area contributed by atoms with Crippen molar-refractivity contribution in [2.24, 2.45) is 0 Å². The molecular formula is C19H21NO3S. The fraction of sp³-hybridized carbons (Fsp3) is 0.368. The first-order valence-corrected chi connectivity index (χ1v) is 9.98. The molecule has 1 atom stereocenters. The molecule has 2 aromatic carbocycles. The molecule has 2 aliphatic carbocycles. The number of phenolic OH excluding ortho intramolecular Hbond substituents is 1. The first-order valence-electron chi connectivity index (χ1n) is 8.49. The largest absolute Gasteiger partial charge is 0.508 e. The summed E-state index contributed by atoms with van der Waals surface area (Å²) in [7, 11) is -3.56. The summed E-state index contributed by atoms with van der Waals surface area (Å²) in [5.74, 6) is 0.253. The van der Waals surface area contributed by atoms with E-state index < -0.39 is 10.0 Å². The van der Waals surface area contributed by atoms with E-state index in [1.165, 1.54) is 12.0 Å². The molecule has 1 unspecified atom stereocenters. The molecule has 126 valence electrons. The number of benzene rings is 2. The fourth-order valence-electron chi connectivity index (χ4n) is 3.89. The van der Waals surface area contributed by atoms with E-state index in [9.17, 15) is 13.5 Å². The molecule has 0 amide bonds. The average Bonchev–Trinajstić information content (AvgIpc) is 2.98. The van der Waals surface area contributed by atoms with Crippen molar-refractivity contribution in [2.75, 3.05) is 0 Å². The first-order chi connectivity index (χ1) is 11.5. The average molecular weight is 343 g/mol. The van der Waals surface area contributed by atoms with Crippen molar-refractivity contribution < 1.29 is 13.5 Å². The Kier molecular flexibility index (Phi) is 3.85. The number of fused-ring (bicyclic) bond motifs is 2. The minimum absolute atomic E-state index is 0.253. The molecule has 5 heteroatoms. The third-order valence-electron chi connectivity index (χ3n) is 5.17. The molecule has 0 aromatic heterocycles. The van der Waals surface area contributed by atoms with Crippen LogP contribution >= 0.6 is 0 Å². The summed E-state index contributed by atoms with van der Waals surface area (Å²) >= 11 is 0. The maximum Gasteiger partial charge on any atom is 0.241 e. The zero-order valence-corrected chi connectivity index (χ0v) is 14.3. The molecule has 0 heterocycles. The lowest BCUT2D eigenvalue weighted by Crippen LogP contribution is -2.27. The quantitative estimate of drug-likeness (QED) is 0.899. The van der Waals surface area contributed by atoms with Crippen LogP contribution in [0.15, 0.2) is 41.3 Å². The number of sulfonamides is 1. The van der Waals surface area contributed by atoms with Gasteiger partial charge in [0.2, 0.25) is 10.0 Å². The van der Waals surface area contributed by atoms with Gasteiger partial charge in [-0.3, -0.25) is 0 Å². The monoisotopic (exact) mass is 343 g/mol. The van der Waals surface area contributed by atoms with E-state index in [2.05, 4.69) is 4.72 Å². The number of phenols is 1. The summed E-state index contributed by atoms with van der Waals surface area (Å²) < 4.78 is 28.4. The van der Waals surface area contributed by atoms with Gasteiger partial charge in [-0.1, -0.05) is 18.2 Å². The Morgan fingerprint density at radius 1 is 1.00 bits per heavy atom. The second-order valence-electron chi connectivity index (χ2n) is 6.70. The van der Waals surface area contributed by atoms with Crippen LogP contribution in [-0.2, 0) is 29.3 Å². The second-order valence-corrected chi connectivity index (χ2v) is 8.41. The molecule has 2 aliphatic rings. The summed E-state index contributed by atoms with van der Waals surface area (Å²) in [6, 6.07) is 10.5. The van der Waals surface area contributed by atoms with E-state index in [0.29, 0.717) is 17.7 Å². The molecule has 0 radical (unpaired) electrons. The molecule has 2 aromatic rings. The van der Waals surface area contributed by atoms with Crippen LogP contribution in [0.4, 0.5) is 0 Å². The lowest BCUT2D eigenvalue weighted by molar-refractivity contribution is 0.469. The van der Waals surface area contributed by atoms with E-state index in [-0.39, 0.29) is 11.8 Å². The molecule has 0 saturated carbocycles. The van der Waals surface area contributed by atoms with E-state index >= 15 is 0 Å². The molecular weight excluding hydrogens is 322 g/mol. The number of aromatic hydroxyl groups is 1. The maximum absolute atomic E-state index is 12.8. The lowest BCUT2D eigenvalue weighted by atomic mass is 9.92. The summed E-state index contributed by atoms with van der Waals surface area (Å²) in [4.78, 5) is 0.344. The molecule has 4 rings (SSSR count). The van der Waals surface area contributed by atoms with Gasteiger partial charge in [-0.05, 0) is 79.0 Å². The smallest absolute Gasteiger partial charge is 0.241 e. The third kappa shape index (κ3) is 2.72. The van der Waals surface area contributed by atoms with Crippen molar-refractivity contribution in [2.45, 2.75) is 49.5 Å². The number of hydrogen-bond acceptors (Lipinski definition) is 3. The van der Waals surface area contributed by atoms with Crippen LogP contribution in [0, 0.1) is 0 Å².